The Balaban J connectivity index is 1.69. The zero-order chi connectivity index (χ0) is 27.8. The molecule has 2 heterocycles. The number of carbonyl (C=O) groups excluding carboxylic acids is 1. The minimum absolute atomic E-state index is 0.162. The highest BCUT2D eigenvalue weighted by Gasteiger charge is 2.35. The first-order chi connectivity index (χ1) is 18.7. The zero-order valence-electron chi connectivity index (χ0n) is 23.2. The first-order valence-electron chi connectivity index (χ1n) is 13.1. The predicted octanol–water partition coefficient (Wildman–Crippen LogP) is 4.39. The fourth-order valence-corrected chi connectivity index (χ4v) is 5.61. The average molecular weight is 524 g/mol. The van der Waals surface area contributed by atoms with Crippen LogP contribution in [0.4, 0.5) is 0 Å². The predicted molar refractivity (Wildman–Crippen MR) is 151 cm³/mol. The number of imidazole rings is 1. The highest BCUT2D eigenvalue weighted by atomic mass is 16.5. The van der Waals surface area contributed by atoms with Gasteiger partial charge in [-0.2, -0.15) is 0 Å². The molecular formula is C32H33N3O4. The van der Waals surface area contributed by atoms with Crippen LogP contribution in [0.15, 0.2) is 92.4 Å². The average Bonchev–Trinajstić information content (AvgIpc) is 3.37. The Hall–Kier alpha value is -4.39. The summed E-state index contributed by atoms with van der Waals surface area (Å²) in [6, 6.07) is 15.2. The van der Waals surface area contributed by atoms with Crippen molar-refractivity contribution in [3.63, 3.8) is 0 Å². The van der Waals surface area contributed by atoms with Gasteiger partial charge in [-0.15, -0.1) is 0 Å². The van der Waals surface area contributed by atoms with Crippen molar-refractivity contribution >= 4 is 12.0 Å². The largest absolute Gasteiger partial charge is 0.496 e. The monoisotopic (exact) mass is 523 g/mol. The van der Waals surface area contributed by atoms with Crippen LogP contribution in [-0.4, -0.2) is 29.2 Å². The summed E-state index contributed by atoms with van der Waals surface area (Å²) in [5.74, 6) is 0.222. The Kier molecular flexibility index (Phi) is 7.00. The summed E-state index contributed by atoms with van der Waals surface area (Å²) in [4.78, 5) is 35.0. The van der Waals surface area contributed by atoms with E-state index in [4.69, 9.17) is 9.47 Å². The summed E-state index contributed by atoms with van der Waals surface area (Å²) in [5, 5.41) is 0.398. The lowest BCUT2D eigenvalue weighted by Crippen LogP contribution is -2.40. The van der Waals surface area contributed by atoms with Crippen LogP contribution in [-0.2, 0) is 9.53 Å². The lowest BCUT2D eigenvalue weighted by Gasteiger charge is -2.25. The van der Waals surface area contributed by atoms with Crippen LogP contribution in [0.25, 0.3) is 6.08 Å². The molecule has 7 heteroatoms. The van der Waals surface area contributed by atoms with Gasteiger partial charge >= 0.3 is 5.97 Å². The van der Waals surface area contributed by atoms with E-state index in [1.807, 2.05) is 30.3 Å². The number of ether oxygens (including phenoxy) is 2. The van der Waals surface area contributed by atoms with Gasteiger partial charge in [0, 0.05) is 11.5 Å². The van der Waals surface area contributed by atoms with Crippen molar-refractivity contribution in [1.82, 2.24) is 9.55 Å². The molecule has 0 amide bonds. The normalized spacial score (nSPS) is 19.1. The summed E-state index contributed by atoms with van der Waals surface area (Å²) >= 11 is 0. The Morgan fingerprint density at radius 1 is 1.08 bits per heavy atom. The fraction of sp³-hybridized carbons (Fsp3) is 0.281. The molecule has 2 unspecified atom stereocenters. The topological polar surface area (TPSA) is 85.7 Å². The number of hydrogen-bond acceptors (Lipinski definition) is 5. The number of benzene rings is 2. The molecule has 2 aromatic carbocycles. The number of fused-ring (bicyclic) bond motifs is 1. The number of rotatable bonds is 6. The number of carbonyl (C=O) groups is 1. The third-order valence-electron chi connectivity index (χ3n) is 7.49. The van der Waals surface area contributed by atoms with E-state index in [-0.39, 0.29) is 18.1 Å². The summed E-state index contributed by atoms with van der Waals surface area (Å²) in [5.41, 5.74) is 7.40. The van der Waals surface area contributed by atoms with Crippen molar-refractivity contribution in [1.29, 1.82) is 0 Å². The van der Waals surface area contributed by atoms with E-state index in [0.717, 1.165) is 5.57 Å². The van der Waals surface area contributed by atoms with Crippen LogP contribution in [0.5, 0.6) is 5.75 Å². The molecule has 1 aromatic heterocycles. The third-order valence-corrected chi connectivity index (χ3v) is 7.49. The van der Waals surface area contributed by atoms with Gasteiger partial charge in [0.05, 0.1) is 25.0 Å². The molecule has 2 aliphatic rings. The maximum atomic E-state index is 14.0. The van der Waals surface area contributed by atoms with Gasteiger partial charge in [-0.05, 0) is 57.9 Å². The summed E-state index contributed by atoms with van der Waals surface area (Å²) in [6.45, 7) is 10.0. The maximum absolute atomic E-state index is 14.0. The third kappa shape index (κ3) is 4.58. The van der Waals surface area contributed by atoms with E-state index in [1.165, 1.54) is 26.8 Å². The zero-order valence-corrected chi connectivity index (χ0v) is 23.2. The number of H-pyrrole nitrogens is 1. The van der Waals surface area contributed by atoms with Gasteiger partial charge in [-0.1, -0.05) is 65.3 Å². The molecule has 1 aliphatic heterocycles. The van der Waals surface area contributed by atoms with Crippen molar-refractivity contribution in [3.05, 3.63) is 121 Å². The van der Waals surface area contributed by atoms with Crippen LogP contribution in [0, 0.1) is 6.92 Å². The van der Waals surface area contributed by atoms with E-state index in [0.29, 0.717) is 33.6 Å². The quantitative estimate of drug-likeness (QED) is 0.486. The highest BCUT2D eigenvalue weighted by Crippen LogP contribution is 2.40. The smallest absolute Gasteiger partial charge is 0.338 e. The van der Waals surface area contributed by atoms with E-state index < -0.39 is 12.0 Å². The molecule has 0 spiro atoms. The minimum atomic E-state index is -0.755. The number of aryl methyl sites for hydroxylation is 1. The number of allylic oxidation sites excluding steroid dienone is 5. The molecule has 200 valence electrons. The first kappa shape index (κ1) is 26.2. The number of aromatic amines is 1. The van der Waals surface area contributed by atoms with E-state index in [9.17, 15) is 9.59 Å². The van der Waals surface area contributed by atoms with E-state index in [1.54, 1.807) is 21.0 Å². The van der Waals surface area contributed by atoms with Gasteiger partial charge in [-0.3, -0.25) is 9.36 Å². The van der Waals surface area contributed by atoms with Crippen LogP contribution >= 0.6 is 0 Å². The van der Waals surface area contributed by atoms with Gasteiger partial charge in [0.2, 0.25) is 5.62 Å². The van der Waals surface area contributed by atoms with Crippen molar-refractivity contribution in [2.75, 3.05) is 13.7 Å². The maximum Gasteiger partial charge on any atom is 0.338 e. The van der Waals surface area contributed by atoms with Crippen LogP contribution in [0.1, 0.15) is 56.3 Å². The minimum Gasteiger partial charge on any atom is -0.496 e. The van der Waals surface area contributed by atoms with Crippen molar-refractivity contribution in [2.24, 2.45) is 4.99 Å². The lowest BCUT2D eigenvalue weighted by atomic mass is 9.89. The molecule has 0 radical (unpaired) electrons. The summed E-state index contributed by atoms with van der Waals surface area (Å²) in [7, 11) is 1.57. The van der Waals surface area contributed by atoms with Crippen molar-refractivity contribution in [2.45, 2.75) is 46.6 Å². The summed E-state index contributed by atoms with van der Waals surface area (Å²) in [6.07, 6.45) is 4.01. The van der Waals surface area contributed by atoms with Crippen molar-refractivity contribution in [3.8, 4) is 5.75 Å². The molecule has 1 aliphatic carbocycles. The Labute approximate surface area is 227 Å². The Morgan fingerprint density at radius 2 is 1.79 bits per heavy atom. The van der Waals surface area contributed by atoms with Gasteiger partial charge < -0.3 is 14.5 Å². The van der Waals surface area contributed by atoms with Gasteiger partial charge in [-0.25, -0.2) is 9.79 Å². The molecule has 0 saturated heterocycles. The van der Waals surface area contributed by atoms with Crippen LogP contribution in [0.2, 0.25) is 0 Å². The van der Waals surface area contributed by atoms with Gasteiger partial charge in [0.1, 0.15) is 17.1 Å². The molecule has 0 fully saturated rings. The molecule has 1 N–H and O–H groups in total. The second-order valence-electron chi connectivity index (χ2n) is 10.0. The molecular weight excluding hydrogens is 490 g/mol. The number of methoxy groups -OCH3 is 1. The van der Waals surface area contributed by atoms with E-state index in [2.05, 4.69) is 61.1 Å². The highest BCUT2D eigenvalue weighted by molar-refractivity contribution is 5.91. The second-order valence-corrected chi connectivity index (χ2v) is 10.0. The SMILES string of the molecule is CCOC(=O)C1=C(C)N=c2[nH]/c(=C/C3=C(C)C(c4ccc(C)cc4)C(C)=C3)c(=O)n2C1c1ccccc1OC. The van der Waals surface area contributed by atoms with Gasteiger partial charge in [0.15, 0.2) is 0 Å². The molecule has 3 aromatic rings. The summed E-state index contributed by atoms with van der Waals surface area (Å²) < 4.78 is 12.5. The van der Waals surface area contributed by atoms with Crippen LogP contribution in [0.3, 0.4) is 0 Å². The van der Waals surface area contributed by atoms with Crippen molar-refractivity contribution < 1.29 is 14.3 Å². The number of esters is 1. The fourth-order valence-electron chi connectivity index (χ4n) is 5.61. The molecule has 39 heavy (non-hydrogen) atoms. The standard InChI is InChI=1S/C32H33N3O4/c1-7-39-31(37)28-21(5)33-32-34-25(30(36)35(32)29(28)24-10-8-9-11-26(24)38-6)17-23-16-19(3)27(20(23)4)22-14-12-18(2)13-15-22/h8-17,27,29H,7H2,1-6H3,(H,33,34)/b25-17+. The first-order valence-corrected chi connectivity index (χ1v) is 13.1. The van der Waals surface area contributed by atoms with Gasteiger partial charge in [0.25, 0.3) is 5.56 Å². The number of nitrogens with zero attached hydrogens (tertiary/aromatic N) is 2. The number of para-hydroxylation sites is 1. The lowest BCUT2D eigenvalue weighted by molar-refractivity contribution is -0.139. The number of aromatic nitrogens is 2. The van der Waals surface area contributed by atoms with Crippen LogP contribution < -0.4 is 21.3 Å². The van der Waals surface area contributed by atoms with E-state index >= 15 is 0 Å². The number of nitrogens with one attached hydrogen (secondary N) is 1. The Bertz CT molecular complexity index is 1730. The second kappa shape index (κ2) is 10.4. The molecule has 5 rings (SSSR count). The molecule has 0 saturated carbocycles. The molecule has 0 bridgehead atoms. The Morgan fingerprint density at radius 3 is 2.49 bits per heavy atom. The molecule has 7 nitrogen and oxygen atoms in total. The number of hydrogen-bond donors (Lipinski definition) is 1. The molecule has 2 atom stereocenters.